The molecule has 0 saturated heterocycles. The normalized spacial score (nSPS) is 12.0. The van der Waals surface area contributed by atoms with Crippen LogP contribution in [0.1, 0.15) is 26.3 Å². The van der Waals surface area contributed by atoms with Gasteiger partial charge in [0.1, 0.15) is 0 Å². The lowest BCUT2D eigenvalue weighted by Gasteiger charge is -2.09. The third-order valence-electron chi connectivity index (χ3n) is 2.33. The van der Waals surface area contributed by atoms with Gasteiger partial charge in [-0.1, -0.05) is 37.9 Å². The van der Waals surface area contributed by atoms with E-state index in [0.29, 0.717) is 16.5 Å². The molecule has 0 spiro atoms. The Kier molecular flexibility index (Phi) is 5.33. The number of carbonyl (C=O) groups excluding carboxylic acids is 2. The number of ketones is 1. The van der Waals surface area contributed by atoms with Gasteiger partial charge in [0.15, 0.2) is 5.78 Å². The van der Waals surface area contributed by atoms with Gasteiger partial charge < -0.3 is 4.74 Å². The van der Waals surface area contributed by atoms with Crippen LogP contribution in [0.5, 0.6) is 0 Å². The quantitative estimate of drug-likeness (QED) is 0.469. The van der Waals surface area contributed by atoms with E-state index in [1.165, 1.54) is 7.11 Å². The molecule has 1 aromatic rings. The Bertz CT molecular complexity index is 443. The fourth-order valence-electron chi connectivity index (χ4n) is 1.42. The van der Waals surface area contributed by atoms with Crippen molar-refractivity contribution in [3.05, 3.63) is 34.9 Å². The number of carbonyl (C=O) groups is 2. The summed E-state index contributed by atoms with van der Waals surface area (Å²) in [4.78, 5) is 23.0. The van der Waals surface area contributed by atoms with E-state index in [2.05, 4.69) is 36.6 Å². The van der Waals surface area contributed by atoms with Gasteiger partial charge in [0.2, 0.25) is 0 Å². The minimum Gasteiger partial charge on any atom is -0.465 e. The maximum Gasteiger partial charge on any atom is 0.337 e. The molecule has 92 valence electrons. The Morgan fingerprint density at radius 2 is 2.06 bits per heavy atom. The summed E-state index contributed by atoms with van der Waals surface area (Å²) in [6.07, 6.45) is 0. The van der Waals surface area contributed by atoms with E-state index in [-0.39, 0.29) is 10.6 Å². The van der Waals surface area contributed by atoms with Crippen molar-refractivity contribution < 1.29 is 14.3 Å². The molecule has 3 nitrogen and oxygen atoms in total. The summed E-state index contributed by atoms with van der Waals surface area (Å²) in [6.45, 7) is 1.80. The van der Waals surface area contributed by atoms with Crippen LogP contribution in [0.25, 0.3) is 0 Å². The summed E-state index contributed by atoms with van der Waals surface area (Å²) < 4.78 is 4.62. The lowest BCUT2D eigenvalue weighted by atomic mass is 10.0. The van der Waals surface area contributed by atoms with Crippen LogP contribution in [-0.4, -0.2) is 29.0 Å². The molecule has 0 saturated carbocycles. The molecule has 0 bridgehead atoms. The molecule has 1 rings (SSSR count). The van der Waals surface area contributed by atoms with Crippen LogP contribution >= 0.6 is 31.9 Å². The van der Waals surface area contributed by atoms with E-state index in [1.807, 2.05) is 0 Å². The van der Waals surface area contributed by atoms with Crippen molar-refractivity contribution in [1.29, 1.82) is 0 Å². The molecule has 1 aromatic carbocycles. The topological polar surface area (TPSA) is 43.4 Å². The Hall–Kier alpha value is -0.680. The van der Waals surface area contributed by atoms with Crippen molar-refractivity contribution in [2.75, 3.05) is 12.4 Å². The van der Waals surface area contributed by atoms with Crippen molar-refractivity contribution in [3.8, 4) is 0 Å². The molecule has 1 atom stereocenters. The van der Waals surface area contributed by atoms with Gasteiger partial charge in [-0.15, -0.1) is 0 Å². The first-order chi connectivity index (χ1) is 8.01. The predicted octanol–water partition coefficient (Wildman–Crippen LogP) is 3.12. The number of hydrogen-bond donors (Lipinski definition) is 0. The maximum absolute atomic E-state index is 12.0. The minimum absolute atomic E-state index is 0.00390. The zero-order valence-electron chi connectivity index (χ0n) is 9.50. The van der Waals surface area contributed by atoms with E-state index in [4.69, 9.17) is 0 Å². The zero-order valence-corrected chi connectivity index (χ0v) is 12.7. The lowest BCUT2D eigenvalue weighted by molar-refractivity contribution is 0.0600. The molecule has 1 unspecified atom stereocenters. The van der Waals surface area contributed by atoms with E-state index >= 15 is 0 Å². The van der Waals surface area contributed by atoms with Gasteiger partial charge in [-0.05, 0) is 24.6 Å². The van der Waals surface area contributed by atoms with Gasteiger partial charge in [0, 0.05) is 10.9 Å². The average molecular weight is 364 g/mol. The number of methoxy groups -OCH3 is 1. The highest BCUT2D eigenvalue weighted by Crippen LogP contribution is 2.18. The largest absolute Gasteiger partial charge is 0.465 e. The number of benzene rings is 1. The van der Waals surface area contributed by atoms with Crippen LogP contribution in [0.3, 0.4) is 0 Å². The van der Waals surface area contributed by atoms with Crippen LogP contribution in [0, 0.1) is 6.92 Å². The van der Waals surface area contributed by atoms with Crippen LogP contribution in [0.2, 0.25) is 0 Å². The lowest BCUT2D eigenvalue weighted by Crippen LogP contribution is -2.17. The summed E-state index contributed by atoms with van der Waals surface area (Å²) in [5, 5.41) is 0.546. The number of rotatable bonds is 4. The van der Waals surface area contributed by atoms with Crippen molar-refractivity contribution in [2.24, 2.45) is 0 Å². The molecule has 0 amide bonds. The highest BCUT2D eigenvalue weighted by atomic mass is 79.9. The Morgan fingerprint density at radius 3 is 2.53 bits per heavy atom. The van der Waals surface area contributed by atoms with E-state index in [0.717, 1.165) is 5.56 Å². The van der Waals surface area contributed by atoms with Crippen molar-refractivity contribution in [3.63, 3.8) is 0 Å². The summed E-state index contributed by atoms with van der Waals surface area (Å²) in [5.74, 6) is -0.404. The second kappa shape index (κ2) is 6.31. The SMILES string of the molecule is COC(=O)c1ccc(C(=O)C(Br)CBr)c(C)c1. The van der Waals surface area contributed by atoms with Gasteiger partial charge >= 0.3 is 5.97 Å². The van der Waals surface area contributed by atoms with Crippen molar-refractivity contribution in [1.82, 2.24) is 0 Å². The van der Waals surface area contributed by atoms with Crippen LogP contribution in [-0.2, 0) is 4.74 Å². The number of hydrogen-bond acceptors (Lipinski definition) is 3. The molecule has 0 radical (unpaired) electrons. The fourth-order valence-corrected chi connectivity index (χ4v) is 1.96. The number of esters is 1. The third kappa shape index (κ3) is 3.39. The molecular weight excluding hydrogens is 352 g/mol. The van der Waals surface area contributed by atoms with Gasteiger partial charge in [-0.25, -0.2) is 4.79 Å². The van der Waals surface area contributed by atoms with Gasteiger partial charge in [0.25, 0.3) is 0 Å². The maximum atomic E-state index is 12.0. The zero-order chi connectivity index (χ0) is 13.0. The Balaban J connectivity index is 3.06. The third-order valence-corrected chi connectivity index (χ3v) is 4.59. The summed E-state index contributed by atoms with van der Waals surface area (Å²) in [7, 11) is 1.33. The van der Waals surface area contributed by atoms with Crippen LogP contribution in [0.4, 0.5) is 0 Å². The second-order valence-corrected chi connectivity index (χ2v) is 5.26. The predicted molar refractivity (Wildman–Crippen MR) is 73.4 cm³/mol. The molecule has 0 N–H and O–H groups in total. The van der Waals surface area contributed by atoms with Crippen LogP contribution < -0.4 is 0 Å². The first-order valence-corrected chi connectivity index (χ1v) is 6.98. The summed E-state index contributed by atoms with van der Waals surface area (Å²) >= 11 is 6.53. The van der Waals surface area contributed by atoms with Gasteiger partial charge in [-0.2, -0.15) is 0 Å². The van der Waals surface area contributed by atoms with Gasteiger partial charge in [-0.3, -0.25) is 4.79 Å². The number of halogens is 2. The molecule has 0 aliphatic rings. The first-order valence-electron chi connectivity index (χ1n) is 4.94. The van der Waals surface area contributed by atoms with Crippen LogP contribution in [0.15, 0.2) is 18.2 Å². The van der Waals surface area contributed by atoms with E-state index < -0.39 is 5.97 Å². The molecule has 0 heterocycles. The van der Waals surface area contributed by atoms with Crippen molar-refractivity contribution >= 4 is 43.6 Å². The monoisotopic (exact) mass is 362 g/mol. The first kappa shape index (κ1) is 14.4. The minimum atomic E-state index is -0.400. The van der Waals surface area contributed by atoms with E-state index in [9.17, 15) is 9.59 Å². The summed E-state index contributed by atoms with van der Waals surface area (Å²) in [6, 6.07) is 4.91. The highest BCUT2D eigenvalue weighted by molar-refractivity contribution is 9.12. The van der Waals surface area contributed by atoms with Gasteiger partial charge in [0.05, 0.1) is 17.5 Å². The second-order valence-electron chi connectivity index (χ2n) is 3.51. The standard InChI is InChI=1S/C12H12Br2O3/c1-7-5-8(12(16)17-2)3-4-9(7)11(15)10(14)6-13/h3-5,10H,6H2,1-2H3. The Labute approximate surface area is 117 Å². The number of aryl methyl sites for hydroxylation is 1. The molecule has 0 fully saturated rings. The summed E-state index contributed by atoms with van der Waals surface area (Å²) in [5.41, 5.74) is 1.83. The fraction of sp³-hybridized carbons (Fsp3) is 0.333. The molecular formula is C12H12Br2O3. The molecule has 0 aliphatic carbocycles. The number of ether oxygens (including phenoxy) is 1. The number of Topliss-reactive ketones (excluding diaryl/α,β-unsaturated/α-hetero) is 1. The average Bonchev–Trinajstić information content (AvgIpc) is 2.35. The molecule has 0 aromatic heterocycles. The van der Waals surface area contributed by atoms with E-state index in [1.54, 1.807) is 25.1 Å². The highest BCUT2D eigenvalue weighted by Gasteiger charge is 2.18. The number of alkyl halides is 2. The van der Waals surface area contributed by atoms with Crippen molar-refractivity contribution in [2.45, 2.75) is 11.8 Å². The molecule has 17 heavy (non-hydrogen) atoms. The Morgan fingerprint density at radius 1 is 1.41 bits per heavy atom. The molecule has 0 aliphatic heterocycles. The molecule has 5 heteroatoms. The smallest absolute Gasteiger partial charge is 0.337 e.